The van der Waals surface area contributed by atoms with E-state index in [1.54, 1.807) is 0 Å². The van der Waals surface area contributed by atoms with Crippen molar-refractivity contribution in [2.24, 2.45) is 0 Å². The molecule has 1 amide bonds. The van der Waals surface area contributed by atoms with E-state index in [1.807, 2.05) is 27.7 Å². The number of hydrogen-bond donors (Lipinski definition) is 1. The predicted octanol–water partition coefficient (Wildman–Crippen LogP) is 4.66. The minimum Gasteiger partial charge on any atom is -0.445 e. The van der Waals surface area contributed by atoms with Crippen LogP contribution in [0.4, 0.5) is 13.2 Å². The molecule has 26 heavy (non-hydrogen) atoms. The topological polar surface area (TPSA) is 55.1 Å². The normalized spacial score (nSPS) is 12.3. The van der Waals surface area contributed by atoms with Gasteiger partial charge in [0.05, 0.1) is 11.3 Å². The molecular formula is C19H23F3N2O2. The molecule has 0 saturated heterocycles. The first-order valence-corrected chi connectivity index (χ1v) is 8.41. The van der Waals surface area contributed by atoms with Crippen molar-refractivity contribution in [1.82, 2.24) is 10.3 Å². The van der Waals surface area contributed by atoms with E-state index in [0.717, 1.165) is 23.6 Å². The summed E-state index contributed by atoms with van der Waals surface area (Å²) in [4.78, 5) is 16.4. The van der Waals surface area contributed by atoms with Crippen molar-refractivity contribution in [3.8, 4) is 0 Å². The number of alkyl halides is 3. The van der Waals surface area contributed by atoms with Gasteiger partial charge in [-0.1, -0.05) is 20.8 Å². The fourth-order valence-corrected chi connectivity index (χ4v) is 2.34. The predicted molar refractivity (Wildman–Crippen MR) is 92.0 cm³/mol. The number of rotatable bonds is 5. The van der Waals surface area contributed by atoms with E-state index in [4.69, 9.17) is 4.42 Å². The van der Waals surface area contributed by atoms with Crippen molar-refractivity contribution >= 4 is 5.91 Å². The molecule has 142 valence electrons. The maximum atomic E-state index is 12.5. The van der Waals surface area contributed by atoms with Gasteiger partial charge in [-0.2, -0.15) is 13.2 Å². The van der Waals surface area contributed by atoms with Gasteiger partial charge in [0, 0.05) is 23.9 Å². The van der Waals surface area contributed by atoms with Gasteiger partial charge in [0.2, 0.25) is 0 Å². The molecule has 0 aliphatic carbocycles. The molecule has 0 spiro atoms. The number of carbonyl (C=O) groups is 1. The Balaban J connectivity index is 1.85. The van der Waals surface area contributed by atoms with Gasteiger partial charge in [0.25, 0.3) is 5.91 Å². The highest BCUT2D eigenvalue weighted by molar-refractivity contribution is 5.94. The monoisotopic (exact) mass is 368 g/mol. The van der Waals surface area contributed by atoms with Crippen LogP contribution >= 0.6 is 0 Å². The zero-order valence-corrected chi connectivity index (χ0v) is 15.3. The molecule has 0 aliphatic heterocycles. The average molecular weight is 368 g/mol. The lowest BCUT2D eigenvalue weighted by Crippen LogP contribution is -2.24. The molecule has 0 bridgehead atoms. The van der Waals surface area contributed by atoms with Crippen molar-refractivity contribution in [2.75, 3.05) is 6.54 Å². The highest BCUT2D eigenvalue weighted by atomic mass is 19.4. The molecule has 0 saturated carbocycles. The van der Waals surface area contributed by atoms with Crippen LogP contribution in [-0.2, 0) is 18.0 Å². The fourth-order valence-electron chi connectivity index (χ4n) is 2.34. The molecular weight excluding hydrogens is 345 g/mol. The van der Waals surface area contributed by atoms with Crippen LogP contribution in [0.25, 0.3) is 0 Å². The molecule has 0 unspecified atom stereocenters. The van der Waals surface area contributed by atoms with Crippen LogP contribution in [0.5, 0.6) is 0 Å². The molecule has 0 atom stereocenters. The summed E-state index contributed by atoms with van der Waals surface area (Å²) in [6, 6.07) is 4.16. The Morgan fingerprint density at radius 2 is 1.77 bits per heavy atom. The third kappa shape index (κ3) is 5.09. The summed E-state index contributed by atoms with van der Waals surface area (Å²) in [5.74, 6) is 1.07. The largest absolute Gasteiger partial charge is 0.445 e. The number of amides is 1. The third-order valence-electron chi connectivity index (χ3n) is 3.87. The van der Waals surface area contributed by atoms with Gasteiger partial charge in [-0.25, -0.2) is 4.98 Å². The van der Waals surface area contributed by atoms with Crippen molar-refractivity contribution in [1.29, 1.82) is 0 Å². The van der Waals surface area contributed by atoms with Crippen LogP contribution in [0.1, 0.15) is 60.5 Å². The number of aromatic nitrogens is 1. The first-order valence-electron chi connectivity index (χ1n) is 8.41. The Morgan fingerprint density at radius 3 is 2.27 bits per heavy atom. The minimum atomic E-state index is -4.41. The summed E-state index contributed by atoms with van der Waals surface area (Å²) in [7, 11) is 0. The minimum absolute atomic E-state index is 0.167. The number of nitrogens with one attached hydrogen (secondary N) is 1. The van der Waals surface area contributed by atoms with Gasteiger partial charge in [-0.3, -0.25) is 4.79 Å². The Kier molecular flexibility index (Phi) is 5.78. The molecule has 7 heteroatoms. The van der Waals surface area contributed by atoms with Crippen molar-refractivity contribution in [2.45, 2.75) is 52.1 Å². The van der Waals surface area contributed by atoms with Crippen LogP contribution in [0.2, 0.25) is 0 Å². The maximum absolute atomic E-state index is 12.5. The highest BCUT2D eigenvalue weighted by Gasteiger charge is 2.30. The number of benzene rings is 1. The van der Waals surface area contributed by atoms with Crippen molar-refractivity contribution in [3.05, 3.63) is 52.7 Å². The molecule has 0 aliphatic rings. The lowest BCUT2D eigenvalue weighted by Gasteiger charge is -2.12. The SMILES string of the molecule is Cc1nc(C(C)(C)C)oc1CCCNC(=O)c1ccc(C(F)(F)F)cc1. The van der Waals surface area contributed by atoms with Gasteiger partial charge < -0.3 is 9.73 Å². The Hall–Kier alpha value is -2.31. The quantitative estimate of drug-likeness (QED) is 0.781. The van der Waals surface area contributed by atoms with Crippen LogP contribution in [-0.4, -0.2) is 17.4 Å². The summed E-state index contributed by atoms with van der Waals surface area (Å²) < 4.78 is 43.4. The van der Waals surface area contributed by atoms with E-state index in [1.165, 1.54) is 12.1 Å². The molecule has 0 radical (unpaired) electrons. The second-order valence-corrected chi connectivity index (χ2v) is 7.21. The Morgan fingerprint density at radius 1 is 1.15 bits per heavy atom. The zero-order valence-electron chi connectivity index (χ0n) is 15.3. The number of halogens is 3. The lowest BCUT2D eigenvalue weighted by molar-refractivity contribution is -0.137. The standard InChI is InChI=1S/C19H23F3N2O2/c1-12-15(26-17(24-12)18(2,3)4)6-5-11-23-16(25)13-7-9-14(10-8-13)19(20,21)22/h7-10H,5-6,11H2,1-4H3,(H,23,25). The Bertz CT molecular complexity index is 757. The number of hydrogen-bond acceptors (Lipinski definition) is 3. The van der Waals surface area contributed by atoms with Crippen LogP contribution in [0.3, 0.4) is 0 Å². The van der Waals surface area contributed by atoms with Gasteiger partial charge in [-0.15, -0.1) is 0 Å². The van der Waals surface area contributed by atoms with Crippen molar-refractivity contribution in [3.63, 3.8) is 0 Å². The number of oxazole rings is 1. The molecule has 1 N–H and O–H groups in total. The van der Waals surface area contributed by atoms with E-state index in [0.29, 0.717) is 25.3 Å². The fraction of sp³-hybridized carbons (Fsp3) is 0.474. The molecule has 0 fully saturated rings. The first kappa shape index (κ1) is 20.0. The number of nitrogens with zero attached hydrogens (tertiary/aromatic N) is 1. The van der Waals surface area contributed by atoms with E-state index in [9.17, 15) is 18.0 Å². The summed E-state index contributed by atoms with van der Waals surface area (Å²) in [6.45, 7) is 8.34. The zero-order chi connectivity index (χ0) is 19.5. The molecule has 1 aromatic heterocycles. The number of carbonyl (C=O) groups excluding carboxylic acids is 1. The van der Waals surface area contributed by atoms with E-state index in [2.05, 4.69) is 10.3 Å². The van der Waals surface area contributed by atoms with Gasteiger partial charge in [-0.05, 0) is 37.6 Å². The smallest absolute Gasteiger partial charge is 0.416 e. The summed E-state index contributed by atoms with van der Waals surface area (Å²) in [5.41, 5.74) is 0.0946. The molecule has 2 rings (SSSR count). The van der Waals surface area contributed by atoms with E-state index < -0.39 is 17.6 Å². The van der Waals surface area contributed by atoms with Crippen LogP contribution in [0, 0.1) is 6.92 Å². The Labute approximate surface area is 150 Å². The summed E-state index contributed by atoms with van der Waals surface area (Å²) >= 11 is 0. The van der Waals surface area contributed by atoms with Crippen LogP contribution < -0.4 is 5.32 Å². The molecule has 4 nitrogen and oxygen atoms in total. The second kappa shape index (κ2) is 7.51. The second-order valence-electron chi connectivity index (χ2n) is 7.21. The average Bonchev–Trinajstić information content (AvgIpc) is 2.92. The summed E-state index contributed by atoms with van der Waals surface area (Å²) in [5, 5.41) is 2.70. The van der Waals surface area contributed by atoms with Crippen LogP contribution in [0.15, 0.2) is 28.7 Å². The first-order chi connectivity index (χ1) is 12.0. The van der Waals surface area contributed by atoms with Crippen molar-refractivity contribution < 1.29 is 22.4 Å². The summed E-state index contributed by atoms with van der Waals surface area (Å²) in [6.07, 6.45) is -3.13. The third-order valence-corrected chi connectivity index (χ3v) is 3.87. The van der Waals surface area contributed by atoms with Gasteiger partial charge >= 0.3 is 6.18 Å². The van der Waals surface area contributed by atoms with E-state index >= 15 is 0 Å². The molecule has 1 aromatic carbocycles. The molecule has 2 aromatic rings. The maximum Gasteiger partial charge on any atom is 0.416 e. The number of aryl methyl sites for hydroxylation is 2. The van der Waals surface area contributed by atoms with Gasteiger partial charge in [0.15, 0.2) is 5.89 Å². The lowest BCUT2D eigenvalue weighted by atomic mass is 9.97. The highest BCUT2D eigenvalue weighted by Crippen LogP contribution is 2.29. The van der Waals surface area contributed by atoms with E-state index in [-0.39, 0.29) is 11.0 Å². The van der Waals surface area contributed by atoms with Gasteiger partial charge in [0.1, 0.15) is 5.76 Å². The molecule has 1 heterocycles.